The van der Waals surface area contributed by atoms with Gasteiger partial charge in [-0.25, -0.2) is 0 Å². The number of nitrogens with zero attached hydrogens (tertiary/aromatic N) is 2. The van der Waals surface area contributed by atoms with Crippen LogP contribution >= 0.6 is 12.2 Å². The Morgan fingerprint density at radius 3 is 2.50 bits per heavy atom. The van der Waals surface area contributed by atoms with Gasteiger partial charge in [0.2, 0.25) is 6.79 Å². The second kappa shape index (κ2) is 8.99. The number of ketones is 1. The van der Waals surface area contributed by atoms with Gasteiger partial charge in [-0.1, -0.05) is 24.3 Å². The molecule has 1 amide bonds. The number of para-hydroxylation sites is 1. The summed E-state index contributed by atoms with van der Waals surface area (Å²) in [6.07, 6.45) is 1.71. The van der Waals surface area contributed by atoms with Gasteiger partial charge in [-0.05, 0) is 72.4 Å². The lowest BCUT2D eigenvalue weighted by Gasteiger charge is -2.20. The topological polar surface area (TPSA) is 68.3 Å². The van der Waals surface area contributed by atoms with Gasteiger partial charge in [-0.3, -0.25) is 14.5 Å². The molecule has 7 nitrogen and oxygen atoms in total. The first-order valence-electron chi connectivity index (χ1n) is 10.5. The normalized spacial score (nSPS) is 15.9. The van der Waals surface area contributed by atoms with Crippen molar-refractivity contribution in [2.75, 3.05) is 25.3 Å². The lowest BCUT2D eigenvalue weighted by molar-refractivity contribution is -0.114. The average Bonchev–Trinajstić information content (AvgIpc) is 3.42. The van der Waals surface area contributed by atoms with Crippen LogP contribution in [0.4, 0.5) is 5.69 Å². The molecular weight excluding hydrogens is 452 g/mol. The Balaban J connectivity index is 1.51. The second-order valence-electron chi connectivity index (χ2n) is 7.64. The molecule has 0 aliphatic carbocycles. The lowest BCUT2D eigenvalue weighted by Crippen LogP contribution is -2.35. The van der Waals surface area contributed by atoms with Crippen molar-refractivity contribution in [2.24, 2.45) is 0 Å². The van der Waals surface area contributed by atoms with Gasteiger partial charge in [-0.2, -0.15) is 0 Å². The number of rotatable bonds is 6. The average molecular weight is 473 g/mol. The number of benzene rings is 3. The van der Waals surface area contributed by atoms with Gasteiger partial charge in [0.05, 0.1) is 19.3 Å². The minimum Gasteiger partial charge on any atom is -0.497 e. The highest BCUT2D eigenvalue weighted by atomic mass is 32.1. The Morgan fingerprint density at radius 2 is 1.76 bits per heavy atom. The predicted octanol–water partition coefficient (Wildman–Crippen LogP) is 4.28. The maximum atomic E-state index is 13.5. The van der Waals surface area contributed by atoms with Crippen molar-refractivity contribution in [3.8, 4) is 17.2 Å². The SMILES string of the molecule is COc1ccc(C(=O)CN2C(=S)N(c3ccccc3)C(=O)/C2=C\c2ccc3c(c2)OCO3)cc1. The highest BCUT2D eigenvalue weighted by Gasteiger charge is 2.40. The molecule has 0 bridgehead atoms. The van der Waals surface area contributed by atoms with Crippen molar-refractivity contribution in [1.29, 1.82) is 0 Å². The molecule has 3 aromatic carbocycles. The Morgan fingerprint density at radius 1 is 1.03 bits per heavy atom. The third kappa shape index (κ3) is 3.99. The Kier molecular flexibility index (Phi) is 5.73. The van der Waals surface area contributed by atoms with Crippen LogP contribution in [0.15, 0.2) is 78.5 Å². The molecule has 2 aliphatic rings. The van der Waals surface area contributed by atoms with Gasteiger partial charge in [0.15, 0.2) is 22.4 Å². The number of fused-ring (bicyclic) bond motifs is 1. The zero-order valence-electron chi connectivity index (χ0n) is 18.3. The van der Waals surface area contributed by atoms with Crippen molar-refractivity contribution >= 4 is 40.8 Å². The number of thiocarbonyl (C=S) groups is 1. The van der Waals surface area contributed by atoms with Crippen molar-refractivity contribution in [1.82, 2.24) is 4.90 Å². The number of hydrogen-bond donors (Lipinski definition) is 0. The summed E-state index contributed by atoms with van der Waals surface area (Å²) < 4.78 is 16.0. The molecule has 1 fully saturated rings. The molecule has 2 heterocycles. The maximum absolute atomic E-state index is 13.5. The molecule has 0 atom stereocenters. The molecule has 0 unspecified atom stereocenters. The van der Waals surface area contributed by atoms with E-state index in [2.05, 4.69) is 0 Å². The molecule has 0 radical (unpaired) electrons. The van der Waals surface area contributed by atoms with Crippen LogP contribution in [0.3, 0.4) is 0 Å². The van der Waals surface area contributed by atoms with E-state index in [1.54, 1.807) is 66.6 Å². The fourth-order valence-electron chi connectivity index (χ4n) is 3.81. The summed E-state index contributed by atoms with van der Waals surface area (Å²) in [5, 5.41) is 0.241. The van der Waals surface area contributed by atoms with Crippen LogP contribution in [0.1, 0.15) is 15.9 Å². The van der Waals surface area contributed by atoms with Gasteiger partial charge in [0.1, 0.15) is 11.4 Å². The first-order valence-corrected chi connectivity index (χ1v) is 11.0. The summed E-state index contributed by atoms with van der Waals surface area (Å²) in [7, 11) is 1.57. The van der Waals surface area contributed by atoms with Crippen LogP contribution in [-0.2, 0) is 4.79 Å². The summed E-state index contributed by atoms with van der Waals surface area (Å²) in [5.74, 6) is 1.42. The smallest absolute Gasteiger partial charge is 0.281 e. The van der Waals surface area contributed by atoms with E-state index in [1.165, 1.54) is 4.90 Å². The lowest BCUT2D eigenvalue weighted by atomic mass is 10.1. The zero-order chi connectivity index (χ0) is 23.7. The van der Waals surface area contributed by atoms with Crippen molar-refractivity contribution < 1.29 is 23.8 Å². The number of carbonyl (C=O) groups excluding carboxylic acids is 2. The van der Waals surface area contributed by atoms with E-state index in [1.807, 2.05) is 24.3 Å². The molecule has 170 valence electrons. The minimum atomic E-state index is -0.309. The molecule has 0 aromatic heterocycles. The van der Waals surface area contributed by atoms with Gasteiger partial charge in [-0.15, -0.1) is 0 Å². The molecule has 1 saturated heterocycles. The van der Waals surface area contributed by atoms with E-state index in [4.69, 9.17) is 26.4 Å². The minimum absolute atomic E-state index is 0.0867. The van der Waals surface area contributed by atoms with Crippen LogP contribution in [0.5, 0.6) is 17.2 Å². The molecule has 0 saturated carbocycles. The van der Waals surface area contributed by atoms with Gasteiger partial charge < -0.3 is 19.1 Å². The van der Waals surface area contributed by atoms with Gasteiger partial charge >= 0.3 is 0 Å². The van der Waals surface area contributed by atoms with E-state index < -0.39 is 0 Å². The molecular formula is C26H20N2O5S. The number of ether oxygens (including phenoxy) is 3. The number of amides is 1. The van der Waals surface area contributed by atoms with E-state index >= 15 is 0 Å². The first kappa shape index (κ1) is 21.7. The Hall–Kier alpha value is -4.17. The number of methoxy groups -OCH3 is 1. The van der Waals surface area contributed by atoms with Crippen molar-refractivity contribution in [2.45, 2.75) is 0 Å². The van der Waals surface area contributed by atoms with E-state index in [0.29, 0.717) is 34.2 Å². The molecule has 34 heavy (non-hydrogen) atoms. The number of hydrogen-bond acceptors (Lipinski definition) is 6. The highest BCUT2D eigenvalue weighted by molar-refractivity contribution is 7.80. The second-order valence-corrected chi connectivity index (χ2v) is 8.00. The summed E-state index contributed by atoms with van der Waals surface area (Å²) in [5.41, 5.74) is 2.16. The van der Waals surface area contributed by atoms with E-state index in [9.17, 15) is 9.59 Å². The van der Waals surface area contributed by atoms with Crippen LogP contribution in [0, 0.1) is 0 Å². The number of carbonyl (C=O) groups is 2. The summed E-state index contributed by atoms with van der Waals surface area (Å²) in [6, 6.07) is 21.4. The Bertz CT molecular complexity index is 1300. The van der Waals surface area contributed by atoms with Crippen LogP contribution < -0.4 is 19.1 Å². The van der Waals surface area contributed by atoms with E-state index in [-0.39, 0.29) is 30.1 Å². The predicted molar refractivity (Wildman–Crippen MR) is 131 cm³/mol. The molecule has 0 spiro atoms. The molecule has 3 aromatic rings. The fourth-order valence-corrected chi connectivity index (χ4v) is 4.16. The molecule has 5 rings (SSSR count). The van der Waals surface area contributed by atoms with Gasteiger partial charge in [0, 0.05) is 5.56 Å². The quantitative estimate of drug-likeness (QED) is 0.301. The van der Waals surface area contributed by atoms with Crippen molar-refractivity contribution in [3.05, 3.63) is 89.6 Å². The largest absolute Gasteiger partial charge is 0.497 e. The van der Waals surface area contributed by atoms with Crippen LogP contribution in [-0.4, -0.2) is 42.2 Å². The van der Waals surface area contributed by atoms with Crippen LogP contribution in [0.25, 0.3) is 6.08 Å². The third-order valence-corrected chi connectivity index (χ3v) is 5.97. The molecule has 2 aliphatic heterocycles. The molecule has 0 N–H and O–H groups in total. The maximum Gasteiger partial charge on any atom is 0.281 e. The fraction of sp³-hybridized carbons (Fsp3) is 0.115. The van der Waals surface area contributed by atoms with Crippen LogP contribution in [0.2, 0.25) is 0 Å². The van der Waals surface area contributed by atoms with Crippen molar-refractivity contribution in [3.63, 3.8) is 0 Å². The standard InChI is InChI=1S/C26H20N2O5S/c1-31-20-10-8-18(9-11-20)22(29)15-27-21(13-17-7-12-23-24(14-17)33-16-32-23)25(30)28(26(27)34)19-5-3-2-4-6-19/h2-14H,15-16H2,1H3/b21-13+. The third-order valence-electron chi connectivity index (χ3n) is 5.56. The zero-order valence-corrected chi connectivity index (χ0v) is 19.1. The molecule has 8 heteroatoms. The summed E-state index contributed by atoms with van der Waals surface area (Å²) >= 11 is 5.67. The number of anilines is 1. The summed E-state index contributed by atoms with van der Waals surface area (Å²) in [4.78, 5) is 29.6. The van der Waals surface area contributed by atoms with E-state index in [0.717, 1.165) is 5.56 Å². The Labute approximate surface area is 201 Å². The monoisotopic (exact) mass is 472 g/mol. The summed E-state index contributed by atoms with van der Waals surface area (Å²) in [6.45, 7) is 0.0687. The van der Waals surface area contributed by atoms with Gasteiger partial charge in [0.25, 0.3) is 5.91 Å². The number of Topliss-reactive ketones (excluding diaryl/α,β-unsaturated/α-hetero) is 1. The highest BCUT2D eigenvalue weighted by Crippen LogP contribution is 2.35. The first-order chi connectivity index (χ1) is 16.5.